The van der Waals surface area contributed by atoms with Gasteiger partial charge in [-0.05, 0) is 19.0 Å². The van der Waals surface area contributed by atoms with Gasteiger partial charge in [-0.2, -0.15) is 0 Å². The van der Waals surface area contributed by atoms with Gasteiger partial charge < -0.3 is 10.0 Å². The van der Waals surface area contributed by atoms with Gasteiger partial charge in [-0.25, -0.2) is 4.98 Å². The van der Waals surface area contributed by atoms with E-state index in [0.29, 0.717) is 5.02 Å². The molecular formula is C13H20ClN3O. The summed E-state index contributed by atoms with van der Waals surface area (Å²) in [4.78, 5) is 9.07. The number of pyridine rings is 1. The van der Waals surface area contributed by atoms with Crippen LogP contribution in [0.25, 0.3) is 0 Å². The molecule has 0 amide bonds. The van der Waals surface area contributed by atoms with E-state index in [9.17, 15) is 5.11 Å². The molecule has 1 N–H and O–H groups in total. The highest BCUT2D eigenvalue weighted by Gasteiger charge is 2.17. The molecule has 4 nitrogen and oxygen atoms in total. The van der Waals surface area contributed by atoms with E-state index in [0.717, 1.165) is 37.6 Å². The van der Waals surface area contributed by atoms with Gasteiger partial charge in [0.05, 0.1) is 11.6 Å². The third-order valence-corrected chi connectivity index (χ3v) is 3.67. The molecule has 1 fully saturated rings. The van der Waals surface area contributed by atoms with Crippen molar-refractivity contribution in [1.82, 2.24) is 9.88 Å². The largest absolute Gasteiger partial charge is 0.392 e. The highest BCUT2D eigenvalue weighted by Crippen LogP contribution is 2.21. The lowest BCUT2D eigenvalue weighted by molar-refractivity contribution is 0.257. The minimum absolute atomic E-state index is 0.0375. The van der Waals surface area contributed by atoms with E-state index in [1.165, 1.54) is 13.0 Å². The van der Waals surface area contributed by atoms with Crippen molar-refractivity contribution in [3.8, 4) is 0 Å². The summed E-state index contributed by atoms with van der Waals surface area (Å²) in [5.74, 6) is 0.916. The molecule has 18 heavy (non-hydrogen) atoms. The van der Waals surface area contributed by atoms with E-state index >= 15 is 0 Å². The van der Waals surface area contributed by atoms with Crippen molar-refractivity contribution in [2.75, 3.05) is 37.6 Å². The number of piperazine rings is 1. The number of aromatic nitrogens is 1. The highest BCUT2D eigenvalue weighted by atomic mass is 35.5. The summed E-state index contributed by atoms with van der Waals surface area (Å²) in [6.45, 7) is 7.47. The van der Waals surface area contributed by atoms with Crippen LogP contribution in [0.1, 0.15) is 18.9 Å². The van der Waals surface area contributed by atoms with Crippen LogP contribution in [-0.4, -0.2) is 47.7 Å². The van der Waals surface area contributed by atoms with Crippen LogP contribution in [-0.2, 0) is 6.61 Å². The molecule has 0 saturated carbocycles. The molecule has 5 heteroatoms. The SMILES string of the molecule is CCCN1CCN(c2cc(CO)c(Cl)cn2)CC1. The highest BCUT2D eigenvalue weighted by molar-refractivity contribution is 6.31. The van der Waals surface area contributed by atoms with Crippen LogP contribution in [0.2, 0.25) is 5.02 Å². The van der Waals surface area contributed by atoms with Crippen LogP contribution < -0.4 is 4.90 Å². The molecule has 1 aliphatic rings. The topological polar surface area (TPSA) is 39.6 Å². The average Bonchev–Trinajstić information content (AvgIpc) is 2.41. The number of anilines is 1. The number of hydrogen-bond donors (Lipinski definition) is 1. The monoisotopic (exact) mass is 269 g/mol. The Morgan fingerprint density at radius 1 is 1.33 bits per heavy atom. The molecule has 1 aromatic heterocycles. The van der Waals surface area contributed by atoms with E-state index < -0.39 is 0 Å². The fraction of sp³-hybridized carbons (Fsp3) is 0.615. The van der Waals surface area contributed by atoms with Crippen molar-refractivity contribution < 1.29 is 5.11 Å². The quantitative estimate of drug-likeness (QED) is 0.904. The summed E-state index contributed by atoms with van der Waals surface area (Å²) in [6, 6.07) is 1.89. The van der Waals surface area contributed by atoms with Crippen molar-refractivity contribution in [3.05, 3.63) is 22.8 Å². The van der Waals surface area contributed by atoms with Gasteiger partial charge in [-0.1, -0.05) is 18.5 Å². The fourth-order valence-electron chi connectivity index (χ4n) is 2.28. The zero-order valence-corrected chi connectivity index (χ0v) is 11.5. The van der Waals surface area contributed by atoms with Gasteiger partial charge in [-0.15, -0.1) is 0 Å². The summed E-state index contributed by atoms with van der Waals surface area (Å²) in [5.41, 5.74) is 0.748. The zero-order valence-electron chi connectivity index (χ0n) is 10.8. The summed E-state index contributed by atoms with van der Waals surface area (Å²) in [6.07, 6.45) is 2.83. The van der Waals surface area contributed by atoms with Crippen LogP contribution in [0.15, 0.2) is 12.3 Å². The summed E-state index contributed by atoms with van der Waals surface area (Å²) < 4.78 is 0. The van der Waals surface area contributed by atoms with Crippen molar-refractivity contribution in [1.29, 1.82) is 0 Å². The number of aliphatic hydroxyl groups is 1. The molecule has 0 bridgehead atoms. The number of rotatable bonds is 4. The third-order valence-electron chi connectivity index (χ3n) is 3.33. The second kappa shape index (κ2) is 6.36. The first-order valence-corrected chi connectivity index (χ1v) is 6.85. The van der Waals surface area contributed by atoms with Crippen molar-refractivity contribution in [3.63, 3.8) is 0 Å². The van der Waals surface area contributed by atoms with Gasteiger partial charge in [-0.3, -0.25) is 4.90 Å². The molecule has 2 heterocycles. The minimum atomic E-state index is -0.0375. The van der Waals surface area contributed by atoms with Crippen molar-refractivity contribution in [2.24, 2.45) is 0 Å². The number of nitrogens with zero attached hydrogens (tertiary/aromatic N) is 3. The predicted molar refractivity (Wildman–Crippen MR) is 74.1 cm³/mol. The van der Waals surface area contributed by atoms with Crippen molar-refractivity contribution >= 4 is 17.4 Å². The van der Waals surface area contributed by atoms with Crippen LogP contribution in [0.3, 0.4) is 0 Å². The molecule has 0 aliphatic carbocycles. The first-order valence-electron chi connectivity index (χ1n) is 6.47. The maximum atomic E-state index is 9.21. The first kappa shape index (κ1) is 13.6. The Hall–Kier alpha value is -0.840. The average molecular weight is 270 g/mol. The second-order valence-corrected chi connectivity index (χ2v) is 5.03. The third kappa shape index (κ3) is 3.13. The number of halogens is 1. The Bertz CT molecular complexity index is 392. The Kier molecular flexibility index (Phi) is 4.80. The molecule has 1 aliphatic heterocycles. The van der Waals surface area contributed by atoms with Crippen LogP contribution >= 0.6 is 11.6 Å². The van der Waals surface area contributed by atoms with Crippen LogP contribution in [0, 0.1) is 0 Å². The lowest BCUT2D eigenvalue weighted by Crippen LogP contribution is -2.46. The lowest BCUT2D eigenvalue weighted by Gasteiger charge is -2.35. The standard InChI is InChI=1S/C13H20ClN3O/c1-2-3-16-4-6-17(7-5-16)13-8-11(10-18)12(14)9-15-13/h8-9,18H,2-7,10H2,1H3. The Balaban J connectivity index is 2.01. The predicted octanol–water partition coefficient (Wildman–Crippen LogP) is 1.76. The van der Waals surface area contributed by atoms with Crippen molar-refractivity contribution in [2.45, 2.75) is 20.0 Å². The zero-order chi connectivity index (χ0) is 13.0. The maximum absolute atomic E-state index is 9.21. The van der Waals surface area contributed by atoms with Crippen LogP contribution in [0.4, 0.5) is 5.82 Å². The van der Waals surface area contributed by atoms with Gasteiger partial charge in [0, 0.05) is 37.9 Å². The minimum Gasteiger partial charge on any atom is -0.392 e. The molecule has 0 atom stereocenters. The Morgan fingerprint density at radius 2 is 2.06 bits per heavy atom. The van der Waals surface area contributed by atoms with Gasteiger partial charge >= 0.3 is 0 Å². The molecule has 1 saturated heterocycles. The molecule has 0 aromatic carbocycles. The summed E-state index contributed by atoms with van der Waals surface area (Å²) in [5, 5.41) is 9.75. The maximum Gasteiger partial charge on any atom is 0.129 e. The molecule has 0 unspecified atom stereocenters. The van der Waals surface area contributed by atoms with Crippen LogP contribution in [0.5, 0.6) is 0 Å². The smallest absolute Gasteiger partial charge is 0.129 e. The van der Waals surface area contributed by atoms with Gasteiger partial charge in [0.25, 0.3) is 0 Å². The normalized spacial score (nSPS) is 17.2. The van der Waals surface area contributed by atoms with E-state index in [-0.39, 0.29) is 6.61 Å². The molecule has 100 valence electrons. The van der Waals surface area contributed by atoms with E-state index in [2.05, 4.69) is 21.7 Å². The molecule has 0 radical (unpaired) electrons. The molecule has 0 spiro atoms. The first-order chi connectivity index (χ1) is 8.74. The number of aliphatic hydroxyl groups excluding tert-OH is 1. The molecule has 1 aromatic rings. The molecular weight excluding hydrogens is 250 g/mol. The van der Waals surface area contributed by atoms with E-state index in [1.807, 2.05) is 6.07 Å². The van der Waals surface area contributed by atoms with Gasteiger partial charge in [0.1, 0.15) is 5.82 Å². The van der Waals surface area contributed by atoms with E-state index in [4.69, 9.17) is 11.6 Å². The Labute approximate surface area is 113 Å². The summed E-state index contributed by atoms with van der Waals surface area (Å²) in [7, 11) is 0. The lowest BCUT2D eigenvalue weighted by atomic mass is 10.2. The van der Waals surface area contributed by atoms with Gasteiger partial charge in [0.15, 0.2) is 0 Å². The number of hydrogen-bond acceptors (Lipinski definition) is 4. The fourth-order valence-corrected chi connectivity index (χ4v) is 2.44. The second-order valence-electron chi connectivity index (χ2n) is 4.62. The Morgan fingerprint density at radius 3 is 2.67 bits per heavy atom. The van der Waals surface area contributed by atoms with Gasteiger partial charge in [0.2, 0.25) is 0 Å². The molecule has 2 rings (SSSR count). The van der Waals surface area contributed by atoms with E-state index in [1.54, 1.807) is 6.20 Å². The summed E-state index contributed by atoms with van der Waals surface area (Å²) >= 11 is 5.95.